The Morgan fingerprint density at radius 3 is 2.22 bits per heavy atom. The highest BCUT2D eigenvalue weighted by Crippen LogP contribution is 2.39. The number of nitrogens with zero attached hydrogens (tertiary/aromatic N) is 7. The Bertz CT molecular complexity index is 1990. The third-order valence-corrected chi connectivity index (χ3v) is 7.51. The molecule has 2 N–H and O–H groups in total. The third-order valence-electron chi connectivity index (χ3n) is 6.66. The molecule has 1 amide bonds. The number of anilines is 2. The summed E-state index contributed by atoms with van der Waals surface area (Å²) >= 11 is 1.00. The maximum absolute atomic E-state index is 13.8. The number of aromatic nitrogens is 3. The van der Waals surface area contributed by atoms with Gasteiger partial charge in [-0.05, 0) is 67.6 Å². The first-order valence-electron chi connectivity index (χ1n) is 13.4. The summed E-state index contributed by atoms with van der Waals surface area (Å²) in [5, 5.41) is 25.3. The summed E-state index contributed by atoms with van der Waals surface area (Å²) in [6.07, 6.45) is 0. The van der Waals surface area contributed by atoms with Gasteiger partial charge in [-0.25, -0.2) is 9.67 Å². The number of carbonyl (C=O) groups excluding carboxylic acids is 1. The van der Waals surface area contributed by atoms with E-state index in [4.69, 9.17) is 9.47 Å². The highest BCUT2D eigenvalue weighted by Gasteiger charge is 2.25. The molecule has 0 radical (unpaired) electrons. The summed E-state index contributed by atoms with van der Waals surface area (Å²) in [5.74, 6) is 0.505. The predicted octanol–water partition coefficient (Wildman–Crippen LogP) is 5.97. The number of nitrogens with one attached hydrogen (secondary N) is 2. The van der Waals surface area contributed by atoms with Gasteiger partial charge in [-0.1, -0.05) is 29.5 Å². The number of benzene rings is 3. The van der Waals surface area contributed by atoms with Crippen LogP contribution in [0.1, 0.15) is 5.69 Å². The van der Waals surface area contributed by atoms with Gasteiger partial charge in [0, 0.05) is 12.7 Å². The minimum Gasteiger partial charge on any atom is -0.497 e. The van der Waals surface area contributed by atoms with Crippen molar-refractivity contribution in [2.45, 2.75) is 6.92 Å². The second kappa shape index (κ2) is 13.5. The molecule has 14 heteroatoms. The standard InChI is InChI=1S/C31H27N9O4S/c1-19-26(30(42)40(39(19)2)22-8-6-5-7-9-22)27-29(38-36-21-12-16-24(44-4)17-13-21)45-31(33-27)34-28(41)25(18-32)37-35-20-10-14-23(43-3)15-11-20/h5-17,35H,1-4H3,(H,33,34,41)/b37-25-,38-36?. The van der Waals surface area contributed by atoms with E-state index >= 15 is 0 Å². The van der Waals surface area contributed by atoms with E-state index < -0.39 is 11.6 Å². The summed E-state index contributed by atoms with van der Waals surface area (Å²) in [6.45, 7) is 1.80. The maximum Gasteiger partial charge on any atom is 0.288 e. The Balaban J connectivity index is 1.51. The van der Waals surface area contributed by atoms with Crippen LogP contribution in [-0.4, -0.2) is 40.2 Å². The van der Waals surface area contributed by atoms with Crippen LogP contribution >= 0.6 is 11.3 Å². The molecule has 0 saturated carbocycles. The van der Waals surface area contributed by atoms with Gasteiger partial charge < -0.3 is 9.47 Å². The van der Waals surface area contributed by atoms with E-state index in [-0.39, 0.29) is 26.9 Å². The van der Waals surface area contributed by atoms with Crippen molar-refractivity contribution in [3.63, 3.8) is 0 Å². The van der Waals surface area contributed by atoms with Crippen molar-refractivity contribution in [3.8, 4) is 34.5 Å². The average molecular weight is 622 g/mol. The molecule has 0 saturated heterocycles. The number of thiazole rings is 1. The zero-order valence-electron chi connectivity index (χ0n) is 24.7. The van der Waals surface area contributed by atoms with Crippen molar-refractivity contribution in [2.24, 2.45) is 22.4 Å². The molecule has 0 atom stereocenters. The number of carbonyl (C=O) groups is 1. The van der Waals surface area contributed by atoms with Crippen molar-refractivity contribution >= 4 is 44.5 Å². The molecule has 2 heterocycles. The predicted molar refractivity (Wildman–Crippen MR) is 172 cm³/mol. The first-order valence-corrected chi connectivity index (χ1v) is 14.2. The molecule has 0 aliphatic heterocycles. The first-order chi connectivity index (χ1) is 21.8. The van der Waals surface area contributed by atoms with Crippen molar-refractivity contribution < 1.29 is 14.3 Å². The van der Waals surface area contributed by atoms with Crippen LogP contribution in [-0.2, 0) is 11.8 Å². The highest BCUT2D eigenvalue weighted by molar-refractivity contribution is 7.20. The Morgan fingerprint density at radius 1 is 0.956 bits per heavy atom. The molecule has 226 valence electrons. The van der Waals surface area contributed by atoms with Crippen LogP contribution in [0.2, 0.25) is 0 Å². The second-order valence-corrected chi connectivity index (χ2v) is 10.4. The molecule has 0 bridgehead atoms. The zero-order chi connectivity index (χ0) is 31.9. The number of rotatable bonds is 10. The van der Waals surface area contributed by atoms with Gasteiger partial charge in [0.1, 0.15) is 23.3 Å². The van der Waals surface area contributed by atoms with Crippen LogP contribution in [0.4, 0.5) is 21.5 Å². The molecule has 0 unspecified atom stereocenters. The maximum atomic E-state index is 13.8. The van der Waals surface area contributed by atoms with Crippen molar-refractivity contribution in [1.29, 1.82) is 5.26 Å². The molecule has 45 heavy (non-hydrogen) atoms. The van der Waals surface area contributed by atoms with Gasteiger partial charge in [-0.2, -0.15) is 10.4 Å². The van der Waals surface area contributed by atoms with Crippen molar-refractivity contribution in [2.75, 3.05) is 25.0 Å². The lowest BCUT2D eigenvalue weighted by Gasteiger charge is -2.07. The Hall–Kier alpha value is -6.07. The zero-order valence-corrected chi connectivity index (χ0v) is 25.5. The van der Waals surface area contributed by atoms with Gasteiger partial charge in [-0.15, -0.1) is 10.2 Å². The number of hydrogen-bond acceptors (Lipinski definition) is 11. The number of methoxy groups -OCH3 is 2. The summed E-state index contributed by atoms with van der Waals surface area (Å²) in [5.41, 5.74) is 4.81. The fraction of sp³-hybridized carbons (Fsp3) is 0.129. The van der Waals surface area contributed by atoms with Crippen molar-refractivity contribution in [3.05, 3.63) is 94.9 Å². The van der Waals surface area contributed by atoms with Gasteiger partial charge in [0.2, 0.25) is 5.71 Å². The number of para-hydroxylation sites is 1. The lowest BCUT2D eigenvalue weighted by Crippen LogP contribution is -2.22. The molecule has 0 spiro atoms. The quantitative estimate of drug-likeness (QED) is 0.110. The van der Waals surface area contributed by atoms with Crippen LogP contribution in [0.5, 0.6) is 11.5 Å². The number of hydrogen-bond donors (Lipinski definition) is 2. The van der Waals surface area contributed by atoms with Gasteiger partial charge in [0.05, 0.1) is 36.8 Å². The Labute approximate surface area is 261 Å². The molecule has 0 fully saturated rings. The van der Waals surface area contributed by atoms with Crippen LogP contribution in [0.15, 0.2) is 99.0 Å². The average Bonchev–Trinajstić information content (AvgIpc) is 3.56. The van der Waals surface area contributed by atoms with Gasteiger partial charge in [-0.3, -0.25) is 25.0 Å². The van der Waals surface area contributed by atoms with E-state index in [1.807, 2.05) is 30.3 Å². The third kappa shape index (κ3) is 6.63. The Kier molecular flexibility index (Phi) is 9.11. The molecule has 13 nitrogen and oxygen atoms in total. The second-order valence-electron chi connectivity index (χ2n) is 9.37. The lowest BCUT2D eigenvalue weighted by atomic mass is 10.2. The van der Waals surface area contributed by atoms with Crippen LogP contribution in [0, 0.1) is 18.3 Å². The van der Waals surface area contributed by atoms with E-state index in [9.17, 15) is 14.9 Å². The van der Waals surface area contributed by atoms with E-state index in [0.717, 1.165) is 11.3 Å². The monoisotopic (exact) mass is 621 g/mol. The van der Waals surface area contributed by atoms with E-state index in [1.165, 1.54) is 4.68 Å². The van der Waals surface area contributed by atoms with Crippen molar-refractivity contribution in [1.82, 2.24) is 14.3 Å². The summed E-state index contributed by atoms with van der Waals surface area (Å²) in [6, 6.07) is 24.7. The molecule has 0 aliphatic carbocycles. The first kappa shape index (κ1) is 30.4. The SMILES string of the molecule is COc1ccc(N=Nc2sc(NC(=O)/C(C#N)=N\Nc3ccc(OC)cc3)nc2-c2c(C)n(C)n(-c3ccccc3)c2=O)cc1. The number of ether oxygens (including phenoxy) is 2. The molecule has 5 aromatic rings. The van der Waals surface area contributed by atoms with Gasteiger partial charge in [0.25, 0.3) is 11.5 Å². The van der Waals surface area contributed by atoms with Gasteiger partial charge in [0.15, 0.2) is 10.1 Å². The van der Waals surface area contributed by atoms with Crippen LogP contribution in [0.25, 0.3) is 16.9 Å². The van der Waals surface area contributed by atoms with E-state index in [2.05, 4.69) is 31.1 Å². The summed E-state index contributed by atoms with van der Waals surface area (Å²) in [7, 11) is 4.89. The molecule has 3 aromatic carbocycles. The fourth-order valence-corrected chi connectivity index (χ4v) is 5.05. The number of amides is 1. The topological polar surface area (TPSA) is 160 Å². The number of hydrazone groups is 1. The lowest BCUT2D eigenvalue weighted by molar-refractivity contribution is -0.110. The molecular weight excluding hydrogens is 594 g/mol. The summed E-state index contributed by atoms with van der Waals surface area (Å²) < 4.78 is 13.6. The van der Waals surface area contributed by atoms with E-state index in [0.29, 0.717) is 34.3 Å². The normalized spacial score (nSPS) is 11.3. The fourth-order valence-electron chi connectivity index (χ4n) is 4.26. The number of nitriles is 1. The smallest absolute Gasteiger partial charge is 0.288 e. The van der Waals surface area contributed by atoms with Gasteiger partial charge >= 0.3 is 0 Å². The number of azo groups is 1. The molecule has 2 aromatic heterocycles. The highest BCUT2D eigenvalue weighted by atomic mass is 32.1. The van der Waals surface area contributed by atoms with Crippen LogP contribution < -0.4 is 25.8 Å². The Morgan fingerprint density at radius 2 is 1.60 bits per heavy atom. The molecule has 0 aliphatic rings. The summed E-state index contributed by atoms with van der Waals surface area (Å²) in [4.78, 5) is 31.4. The van der Waals surface area contributed by atoms with E-state index in [1.54, 1.807) is 87.5 Å². The van der Waals surface area contributed by atoms with Crippen LogP contribution in [0.3, 0.4) is 0 Å². The minimum atomic E-state index is -0.802. The largest absolute Gasteiger partial charge is 0.497 e. The minimum absolute atomic E-state index is 0.0972. The molecular formula is C31H27N9O4S. The molecule has 5 rings (SSSR count).